The predicted octanol–water partition coefficient (Wildman–Crippen LogP) is 0.845. The Labute approximate surface area is 99.4 Å². The lowest BCUT2D eigenvalue weighted by molar-refractivity contribution is -0.123. The molecule has 4 nitrogen and oxygen atoms in total. The standard InChI is InChI=1S/C12H16FN3O/c13-9-2-1-3-10(8-9)16-12(11(14)17)4-6-15-7-5-12/h1-3,8,15-16H,4-7H2,(H2,14,17). The van der Waals surface area contributed by atoms with E-state index >= 15 is 0 Å². The Balaban J connectivity index is 2.20. The van der Waals surface area contributed by atoms with E-state index in [-0.39, 0.29) is 11.7 Å². The van der Waals surface area contributed by atoms with Crippen molar-refractivity contribution in [1.29, 1.82) is 0 Å². The molecule has 1 aromatic rings. The van der Waals surface area contributed by atoms with E-state index in [0.29, 0.717) is 18.5 Å². The van der Waals surface area contributed by atoms with Crippen LogP contribution < -0.4 is 16.4 Å². The van der Waals surface area contributed by atoms with Gasteiger partial charge < -0.3 is 16.4 Å². The van der Waals surface area contributed by atoms with Crippen LogP contribution in [0.15, 0.2) is 24.3 Å². The van der Waals surface area contributed by atoms with Gasteiger partial charge in [-0.05, 0) is 44.1 Å². The van der Waals surface area contributed by atoms with Crippen molar-refractivity contribution in [2.45, 2.75) is 18.4 Å². The zero-order chi connectivity index (χ0) is 12.3. The maximum Gasteiger partial charge on any atom is 0.243 e. The number of nitrogens with two attached hydrogens (primary N) is 1. The molecule has 0 atom stereocenters. The second-order valence-electron chi connectivity index (χ2n) is 4.33. The Bertz CT molecular complexity index is 416. The summed E-state index contributed by atoms with van der Waals surface area (Å²) >= 11 is 0. The van der Waals surface area contributed by atoms with E-state index in [1.165, 1.54) is 12.1 Å². The predicted molar refractivity (Wildman–Crippen MR) is 64.1 cm³/mol. The highest BCUT2D eigenvalue weighted by Crippen LogP contribution is 2.24. The zero-order valence-electron chi connectivity index (χ0n) is 9.50. The third-order valence-corrected chi connectivity index (χ3v) is 3.14. The molecule has 0 bridgehead atoms. The van der Waals surface area contributed by atoms with E-state index in [9.17, 15) is 9.18 Å². The third-order valence-electron chi connectivity index (χ3n) is 3.14. The van der Waals surface area contributed by atoms with Crippen molar-refractivity contribution in [2.24, 2.45) is 5.73 Å². The summed E-state index contributed by atoms with van der Waals surface area (Å²) in [5.74, 6) is -0.716. The second-order valence-corrected chi connectivity index (χ2v) is 4.33. The monoisotopic (exact) mass is 237 g/mol. The molecule has 2 rings (SSSR count). The number of carbonyl (C=O) groups is 1. The number of primary amides is 1. The molecule has 1 aliphatic rings. The van der Waals surface area contributed by atoms with Gasteiger partial charge in [0.15, 0.2) is 0 Å². The molecular weight excluding hydrogens is 221 g/mol. The molecule has 5 heteroatoms. The lowest BCUT2D eigenvalue weighted by Crippen LogP contribution is -2.56. The molecule has 1 aromatic carbocycles. The first kappa shape index (κ1) is 11.9. The number of hydrogen-bond acceptors (Lipinski definition) is 3. The first-order valence-corrected chi connectivity index (χ1v) is 5.67. The van der Waals surface area contributed by atoms with Crippen molar-refractivity contribution in [1.82, 2.24) is 5.32 Å². The Kier molecular flexibility index (Phi) is 3.28. The number of anilines is 1. The molecule has 0 saturated carbocycles. The molecule has 92 valence electrons. The average molecular weight is 237 g/mol. The molecule has 0 spiro atoms. The van der Waals surface area contributed by atoms with Crippen molar-refractivity contribution in [2.75, 3.05) is 18.4 Å². The van der Waals surface area contributed by atoms with Crippen LogP contribution in [0.4, 0.5) is 10.1 Å². The highest BCUT2D eigenvalue weighted by molar-refractivity contribution is 5.88. The minimum absolute atomic E-state index is 0.330. The fourth-order valence-electron chi connectivity index (χ4n) is 2.13. The summed E-state index contributed by atoms with van der Waals surface area (Å²) in [4.78, 5) is 11.6. The molecule has 17 heavy (non-hydrogen) atoms. The highest BCUT2D eigenvalue weighted by atomic mass is 19.1. The number of rotatable bonds is 3. The molecule has 0 radical (unpaired) electrons. The number of piperidine rings is 1. The van der Waals surface area contributed by atoms with Gasteiger partial charge in [-0.15, -0.1) is 0 Å². The van der Waals surface area contributed by atoms with Gasteiger partial charge in [0.05, 0.1) is 0 Å². The van der Waals surface area contributed by atoms with Crippen LogP contribution in [0.2, 0.25) is 0 Å². The van der Waals surface area contributed by atoms with Crippen molar-refractivity contribution in [3.8, 4) is 0 Å². The van der Waals surface area contributed by atoms with E-state index < -0.39 is 5.54 Å². The summed E-state index contributed by atoms with van der Waals surface area (Å²) in [5, 5.41) is 6.25. The molecular formula is C12H16FN3O. The van der Waals surface area contributed by atoms with Crippen molar-refractivity contribution < 1.29 is 9.18 Å². The highest BCUT2D eigenvalue weighted by Gasteiger charge is 2.37. The molecule has 0 aromatic heterocycles. The van der Waals surface area contributed by atoms with Gasteiger partial charge in [-0.1, -0.05) is 6.07 Å². The van der Waals surface area contributed by atoms with Crippen molar-refractivity contribution >= 4 is 11.6 Å². The van der Waals surface area contributed by atoms with Crippen molar-refractivity contribution in [3.05, 3.63) is 30.1 Å². The molecule has 1 amide bonds. The Morgan fingerprint density at radius 3 is 2.71 bits per heavy atom. The number of nitrogens with one attached hydrogen (secondary N) is 2. The van der Waals surface area contributed by atoms with E-state index in [2.05, 4.69) is 10.6 Å². The van der Waals surface area contributed by atoms with Crippen LogP contribution in [-0.4, -0.2) is 24.5 Å². The van der Waals surface area contributed by atoms with Crippen LogP contribution in [0.1, 0.15) is 12.8 Å². The Morgan fingerprint density at radius 1 is 1.41 bits per heavy atom. The topological polar surface area (TPSA) is 67.2 Å². The largest absolute Gasteiger partial charge is 0.371 e. The SMILES string of the molecule is NC(=O)C1(Nc2cccc(F)c2)CCNCC1. The van der Waals surface area contributed by atoms with Gasteiger partial charge in [-0.3, -0.25) is 4.79 Å². The lowest BCUT2D eigenvalue weighted by atomic mass is 9.87. The van der Waals surface area contributed by atoms with E-state index in [4.69, 9.17) is 5.73 Å². The van der Waals surface area contributed by atoms with Crippen LogP contribution in [-0.2, 0) is 4.79 Å². The molecule has 1 saturated heterocycles. The minimum Gasteiger partial charge on any atom is -0.371 e. The summed E-state index contributed by atoms with van der Waals surface area (Å²) < 4.78 is 13.1. The Morgan fingerprint density at radius 2 is 2.12 bits per heavy atom. The normalized spacial score (nSPS) is 18.6. The molecule has 1 aliphatic heterocycles. The molecule has 1 fully saturated rings. The zero-order valence-corrected chi connectivity index (χ0v) is 9.50. The maximum atomic E-state index is 13.1. The minimum atomic E-state index is -0.765. The Hall–Kier alpha value is -1.62. The lowest BCUT2D eigenvalue weighted by Gasteiger charge is -2.36. The van der Waals surface area contributed by atoms with Crippen LogP contribution in [0.5, 0.6) is 0 Å². The molecule has 0 unspecified atom stereocenters. The summed E-state index contributed by atoms with van der Waals surface area (Å²) in [5.41, 5.74) is 5.29. The number of carbonyl (C=O) groups excluding carboxylic acids is 1. The first-order valence-electron chi connectivity index (χ1n) is 5.67. The summed E-state index contributed by atoms with van der Waals surface area (Å²) in [6.07, 6.45) is 1.22. The summed E-state index contributed by atoms with van der Waals surface area (Å²) in [6.45, 7) is 1.45. The van der Waals surface area contributed by atoms with Crippen LogP contribution in [0, 0.1) is 5.82 Å². The molecule has 4 N–H and O–H groups in total. The summed E-state index contributed by atoms with van der Waals surface area (Å²) in [7, 11) is 0. The number of halogens is 1. The number of hydrogen-bond donors (Lipinski definition) is 3. The smallest absolute Gasteiger partial charge is 0.243 e. The fraction of sp³-hybridized carbons (Fsp3) is 0.417. The summed E-state index contributed by atoms with van der Waals surface area (Å²) in [6, 6.07) is 6.07. The maximum absolute atomic E-state index is 13.1. The fourth-order valence-corrected chi connectivity index (χ4v) is 2.13. The van der Waals surface area contributed by atoms with Gasteiger partial charge in [0.25, 0.3) is 0 Å². The van der Waals surface area contributed by atoms with Crippen LogP contribution in [0.3, 0.4) is 0 Å². The van der Waals surface area contributed by atoms with E-state index in [1.807, 2.05) is 0 Å². The van der Waals surface area contributed by atoms with Crippen LogP contribution in [0.25, 0.3) is 0 Å². The second kappa shape index (κ2) is 4.71. The van der Waals surface area contributed by atoms with Gasteiger partial charge in [-0.25, -0.2) is 4.39 Å². The van der Waals surface area contributed by atoms with Gasteiger partial charge in [-0.2, -0.15) is 0 Å². The number of amides is 1. The van der Waals surface area contributed by atoms with E-state index in [0.717, 1.165) is 13.1 Å². The third kappa shape index (κ3) is 2.55. The van der Waals surface area contributed by atoms with Gasteiger partial charge in [0, 0.05) is 5.69 Å². The van der Waals surface area contributed by atoms with Gasteiger partial charge in [0.1, 0.15) is 11.4 Å². The van der Waals surface area contributed by atoms with Gasteiger partial charge >= 0.3 is 0 Å². The molecule has 1 heterocycles. The van der Waals surface area contributed by atoms with Crippen molar-refractivity contribution in [3.63, 3.8) is 0 Å². The van der Waals surface area contributed by atoms with Crippen LogP contribution >= 0.6 is 0 Å². The quantitative estimate of drug-likeness (QED) is 0.730. The molecule has 0 aliphatic carbocycles. The average Bonchev–Trinajstić information content (AvgIpc) is 2.30. The van der Waals surface area contributed by atoms with Gasteiger partial charge in [0.2, 0.25) is 5.91 Å². The first-order chi connectivity index (χ1) is 8.12. The number of benzene rings is 1. The van der Waals surface area contributed by atoms with E-state index in [1.54, 1.807) is 12.1 Å².